The summed E-state index contributed by atoms with van der Waals surface area (Å²) in [6.45, 7) is 13.1. The molecule has 0 bridgehead atoms. The van der Waals surface area contributed by atoms with Crippen molar-refractivity contribution in [2.45, 2.75) is 57.3 Å². The zero-order valence-electron chi connectivity index (χ0n) is 15.7. The lowest BCUT2D eigenvalue weighted by Crippen LogP contribution is -2.34. The Balaban J connectivity index is 2.01. The molecule has 1 unspecified atom stereocenters. The smallest absolute Gasteiger partial charge is 0.449 e. The van der Waals surface area contributed by atoms with Crippen LogP contribution >= 0.6 is 0 Å². The molecule has 1 aliphatic rings. The van der Waals surface area contributed by atoms with E-state index in [4.69, 9.17) is 9.63 Å². The van der Waals surface area contributed by atoms with Crippen LogP contribution in [0.25, 0.3) is 0 Å². The van der Waals surface area contributed by atoms with E-state index in [1.165, 1.54) is 17.2 Å². The standard InChI is InChI=1S/C21H25NO4/c1-6-14(17-12-18(22-26-17)25-19(23)24)13-7-8-15-16(11-13)21(4,5)10-9-20(15,2)3/h6-8,11-12,14H,1,9-10H2,2-5H3,(H,23,24). The second kappa shape index (κ2) is 6.31. The molecule has 2 aromatic rings. The number of hydrogen-bond donors (Lipinski definition) is 1. The van der Waals surface area contributed by atoms with Gasteiger partial charge < -0.3 is 14.4 Å². The summed E-state index contributed by atoms with van der Waals surface area (Å²) in [7, 11) is 0. The van der Waals surface area contributed by atoms with Crippen molar-refractivity contribution in [2.75, 3.05) is 0 Å². The van der Waals surface area contributed by atoms with Gasteiger partial charge in [-0.25, -0.2) is 4.79 Å². The number of aromatic nitrogens is 1. The number of ether oxygens (including phenoxy) is 1. The zero-order valence-corrected chi connectivity index (χ0v) is 15.7. The number of carboxylic acid groups (broad SMARTS) is 1. The first kappa shape index (κ1) is 18.2. The second-order valence-corrected chi connectivity index (χ2v) is 8.22. The van der Waals surface area contributed by atoms with E-state index in [0.29, 0.717) is 5.76 Å². The highest BCUT2D eigenvalue weighted by Gasteiger charge is 2.37. The van der Waals surface area contributed by atoms with E-state index < -0.39 is 6.16 Å². The van der Waals surface area contributed by atoms with Crippen molar-refractivity contribution in [3.8, 4) is 5.88 Å². The van der Waals surface area contributed by atoms with Crippen LogP contribution < -0.4 is 4.74 Å². The monoisotopic (exact) mass is 355 g/mol. The topological polar surface area (TPSA) is 72.6 Å². The molecule has 1 aromatic carbocycles. The third kappa shape index (κ3) is 3.26. The average Bonchev–Trinajstić information content (AvgIpc) is 3.00. The Morgan fingerprint density at radius 3 is 2.50 bits per heavy atom. The highest BCUT2D eigenvalue weighted by Crippen LogP contribution is 2.46. The Hall–Kier alpha value is -2.56. The Morgan fingerprint density at radius 2 is 1.88 bits per heavy atom. The van der Waals surface area contributed by atoms with E-state index in [1.807, 2.05) is 0 Å². The van der Waals surface area contributed by atoms with Crippen LogP contribution in [-0.4, -0.2) is 16.4 Å². The van der Waals surface area contributed by atoms with Crippen molar-refractivity contribution in [1.82, 2.24) is 5.16 Å². The predicted octanol–water partition coefficient (Wildman–Crippen LogP) is 5.40. The minimum atomic E-state index is -1.42. The molecule has 138 valence electrons. The van der Waals surface area contributed by atoms with Crippen LogP contribution in [0.1, 0.15) is 68.9 Å². The van der Waals surface area contributed by atoms with Crippen LogP contribution in [-0.2, 0) is 10.8 Å². The van der Waals surface area contributed by atoms with E-state index >= 15 is 0 Å². The molecule has 1 atom stereocenters. The van der Waals surface area contributed by atoms with Crippen molar-refractivity contribution in [3.05, 3.63) is 59.4 Å². The molecule has 0 radical (unpaired) electrons. The zero-order chi connectivity index (χ0) is 19.1. The Bertz CT molecular complexity index is 847. The van der Waals surface area contributed by atoms with Crippen molar-refractivity contribution >= 4 is 6.16 Å². The van der Waals surface area contributed by atoms with E-state index in [-0.39, 0.29) is 22.6 Å². The van der Waals surface area contributed by atoms with E-state index in [1.54, 1.807) is 6.08 Å². The predicted molar refractivity (Wildman–Crippen MR) is 98.9 cm³/mol. The Kier molecular flexibility index (Phi) is 4.42. The maximum Gasteiger partial charge on any atom is 0.512 e. The van der Waals surface area contributed by atoms with Gasteiger partial charge in [0.05, 0.1) is 5.92 Å². The molecule has 3 rings (SSSR count). The van der Waals surface area contributed by atoms with Gasteiger partial charge in [0.25, 0.3) is 5.88 Å². The fourth-order valence-electron chi connectivity index (χ4n) is 3.77. The highest BCUT2D eigenvalue weighted by atomic mass is 16.7. The minimum Gasteiger partial charge on any atom is -0.449 e. The largest absolute Gasteiger partial charge is 0.512 e. The van der Waals surface area contributed by atoms with Gasteiger partial charge in [-0.3, -0.25) is 0 Å². The minimum absolute atomic E-state index is 0.0706. The molecule has 1 aliphatic carbocycles. The van der Waals surface area contributed by atoms with Crippen LogP contribution in [0.5, 0.6) is 5.88 Å². The van der Waals surface area contributed by atoms with Crippen LogP contribution in [0.15, 0.2) is 41.4 Å². The first-order valence-electron chi connectivity index (χ1n) is 8.79. The van der Waals surface area contributed by atoms with Gasteiger partial charge in [0.15, 0.2) is 5.76 Å². The second-order valence-electron chi connectivity index (χ2n) is 8.22. The molecule has 0 spiro atoms. The van der Waals surface area contributed by atoms with E-state index in [0.717, 1.165) is 18.4 Å². The number of allylic oxidation sites excluding steroid dienone is 1. The van der Waals surface area contributed by atoms with Crippen molar-refractivity contribution in [3.63, 3.8) is 0 Å². The molecule has 26 heavy (non-hydrogen) atoms. The van der Waals surface area contributed by atoms with Crippen molar-refractivity contribution in [1.29, 1.82) is 0 Å². The molecule has 0 aliphatic heterocycles. The summed E-state index contributed by atoms with van der Waals surface area (Å²) in [5.41, 5.74) is 4.03. The number of carbonyl (C=O) groups is 1. The first-order valence-corrected chi connectivity index (χ1v) is 8.79. The summed E-state index contributed by atoms with van der Waals surface area (Å²) >= 11 is 0. The summed E-state index contributed by atoms with van der Waals surface area (Å²) < 4.78 is 9.85. The summed E-state index contributed by atoms with van der Waals surface area (Å²) in [6.07, 6.45) is 2.65. The van der Waals surface area contributed by atoms with Gasteiger partial charge in [-0.05, 0) is 45.5 Å². The first-order chi connectivity index (χ1) is 12.1. The van der Waals surface area contributed by atoms with Crippen LogP contribution in [0.3, 0.4) is 0 Å². The fraction of sp³-hybridized carbons (Fsp3) is 0.429. The van der Waals surface area contributed by atoms with Gasteiger partial charge in [0.1, 0.15) is 0 Å². The molecule has 5 heteroatoms. The molecule has 1 aromatic heterocycles. The lowest BCUT2D eigenvalue weighted by molar-refractivity contribution is 0.140. The summed E-state index contributed by atoms with van der Waals surface area (Å²) in [4.78, 5) is 10.7. The molecular formula is C21H25NO4. The van der Waals surface area contributed by atoms with Crippen LogP contribution in [0.2, 0.25) is 0 Å². The maximum atomic E-state index is 10.7. The van der Waals surface area contributed by atoms with Crippen LogP contribution in [0.4, 0.5) is 4.79 Å². The van der Waals surface area contributed by atoms with Crippen molar-refractivity contribution in [2.24, 2.45) is 0 Å². The molecule has 0 saturated heterocycles. The third-order valence-corrected chi connectivity index (χ3v) is 5.48. The lowest BCUT2D eigenvalue weighted by Gasteiger charge is -2.42. The molecule has 0 saturated carbocycles. The SMILES string of the molecule is C=CC(c1ccc2c(c1)C(C)(C)CCC2(C)C)c1cc(OC(=O)O)no1. The molecular weight excluding hydrogens is 330 g/mol. The average molecular weight is 355 g/mol. The molecule has 0 amide bonds. The van der Waals surface area contributed by atoms with Gasteiger partial charge in [-0.2, -0.15) is 0 Å². The van der Waals surface area contributed by atoms with Gasteiger partial charge in [0.2, 0.25) is 0 Å². The number of fused-ring (bicyclic) bond motifs is 1. The highest BCUT2D eigenvalue weighted by molar-refractivity contribution is 5.60. The number of nitrogens with zero attached hydrogens (tertiary/aromatic N) is 1. The lowest BCUT2D eigenvalue weighted by atomic mass is 9.62. The number of benzene rings is 1. The van der Waals surface area contributed by atoms with E-state index in [2.05, 4.69) is 62.4 Å². The maximum absolute atomic E-state index is 10.7. The molecule has 0 fully saturated rings. The molecule has 1 N–H and O–H groups in total. The Morgan fingerprint density at radius 1 is 1.23 bits per heavy atom. The van der Waals surface area contributed by atoms with Crippen molar-refractivity contribution < 1.29 is 19.2 Å². The third-order valence-electron chi connectivity index (χ3n) is 5.48. The summed E-state index contributed by atoms with van der Waals surface area (Å²) in [6, 6.07) is 8.01. The van der Waals surface area contributed by atoms with Crippen LogP contribution in [0, 0.1) is 0 Å². The number of hydrogen-bond acceptors (Lipinski definition) is 4. The van der Waals surface area contributed by atoms with Gasteiger partial charge in [0, 0.05) is 6.07 Å². The Labute approximate surface area is 153 Å². The van der Waals surface area contributed by atoms with E-state index in [9.17, 15) is 4.79 Å². The van der Waals surface area contributed by atoms with Gasteiger partial charge in [-0.15, -0.1) is 6.58 Å². The quantitative estimate of drug-likeness (QED) is 0.587. The molecule has 5 nitrogen and oxygen atoms in total. The molecule has 1 heterocycles. The normalized spacial score (nSPS) is 18.6. The fourth-order valence-corrected chi connectivity index (χ4v) is 3.77. The van der Waals surface area contributed by atoms with Gasteiger partial charge in [-0.1, -0.05) is 52.0 Å². The summed E-state index contributed by atoms with van der Waals surface area (Å²) in [5.74, 6) is 0.211. The number of rotatable bonds is 4. The summed E-state index contributed by atoms with van der Waals surface area (Å²) in [5, 5.41) is 12.4. The van der Waals surface area contributed by atoms with Gasteiger partial charge >= 0.3 is 6.16 Å².